The minimum Gasteiger partial charge on any atom is -0.319 e. The first-order chi connectivity index (χ1) is 8.82. The molecule has 100 valence electrons. The number of benzene rings is 1. The lowest BCUT2D eigenvalue weighted by molar-refractivity contribution is 0.322. The van der Waals surface area contributed by atoms with Crippen molar-refractivity contribution < 1.29 is 0 Å². The zero-order valence-corrected chi connectivity index (χ0v) is 12.5. The van der Waals surface area contributed by atoms with E-state index in [0.717, 1.165) is 6.54 Å². The molecule has 2 rings (SSSR count). The van der Waals surface area contributed by atoms with Crippen molar-refractivity contribution in [2.75, 3.05) is 25.6 Å². The highest BCUT2D eigenvalue weighted by atomic mass is 32.2. The van der Waals surface area contributed by atoms with Gasteiger partial charge in [0, 0.05) is 12.0 Å². The Morgan fingerprint density at radius 3 is 2.94 bits per heavy atom. The van der Waals surface area contributed by atoms with Gasteiger partial charge in [0.15, 0.2) is 0 Å². The van der Waals surface area contributed by atoms with Gasteiger partial charge < -0.3 is 5.32 Å². The van der Waals surface area contributed by atoms with Gasteiger partial charge in [0.1, 0.15) is 0 Å². The minimum atomic E-state index is 0.388. The molecule has 1 aromatic carbocycles. The van der Waals surface area contributed by atoms with Crippen molar-refractivity contribution in [2.24, 2.45) is 0 Å². The molecule has 0 aromatic heterocycles. The molecule has 1 unspecified atom stereocenters. The van der Waals surface area contributed by atoms with Crippen LogP contribution in [0.5, 0.6) is 0 Å². The molecule has 1 atom stereocenters. The fraction of sp³-hybridized carbons (Fsp3) is 0.625. The third kappa shape index (κ3) is 2.92. The molecule has 0 radical (unpaired) electrons. The van der Waals surface area contributed by atoms with E-state index in [0.29, 0.717) is 5.41 Å². The fourth-order valence-electron chi connectivity index (χ4n) is 3.43. The van der Waals surface area contributed by atoms with Crippen LogP contribution in [-0.4, -0.2) is 25.6 Å². The summed E-state index contributed by atoms with van der Waals surface area (Å²) in [6.07, 6.45) is 8.82. The first-order valence-corrected chi connectivity index (χ1v) is 8.44. The largest absolute Gasteiger partial charge is 0.319 e. The zero-order valence-electron chi connectivity index (χ0n) is 11.7. The standard InChI is InChI=1S/C16H25NS/c1-17-13-16(11-6-12-18-2)10-5-8-14-7-3-4-9-15(14)16/h3-4,7,9,17H,5-6,8,10-13H2,1-2H3. The third-order valence-electron chi connectivity index (χ3n) is 4.21. The van der Waals surface area contributed by atoms with E-state index in [2.05, 4.69) is 42.9 Å². The van der Waals surface area contributed by atoms with Crippen LogP contribution in [0.25, 0.3) is 0 Å². The molecule has 0 saturated carbocycles. The highest BCUT2D eigenvalue weighted by Gasteiger charge is 2.34. The molecular weight excluding hydrogens is 238 g/mol. The molecular formula is C16H25NS. The molecule has 1 aliphatic rings. The Kier molecular flexibility index (Phi) is 5.13. The fourth-order valence-corrected chi connectivity index (χ4v) is 3.87. The Hall–Kier alpha value is -0.470. The smallest absolute Gasteiger partial charge is 0.00808 e. The van der Waals surface area contributed by atoms with Crippen molar-refractivity contribution in [3.05, 3.63) is 35.4 Å². The Balaban J connectivity index is 2.24. The van der Waals surface area contributed by atoms with Crippen LogP contribution >= 0.6 is 11.8 Å². The maximum atomic E-state index is 3.44. The number of rotatable bonds is 6. The van der Waals surface area contributed by atoms with E-state index in [-0.39, 0.29) is 0 Å². The Bertz CT molecular complexity index is 377. The number of nitrogens with one attached hydrogen (secondary N) is 1. The molecule has 0 spiro atoms. The Labute approximate surface area is 116 Å². The SMILES string of the molecule is CNCC1(CCCSC)CCCc2ccccc21. The van der Waals surface area contributed by atoms with E-state index in [1.165, 1.54) is 37.9 Å². The molecule has 0 heterocycles. The van der Waals surface area contributed by atoms with Crippen LogP contribution in [0, 0.1) is 0 Å². The average molecular weight is 263 g/mol. The zero-order chi connectivity index (χ0) is 12.8. The number of aryl methyl sites for hydroxylation is 1. The van der Waals surface area contributed by atoms with Crippen LogP contribution in [0.1, 0.15) is 36.8 Å². The molecule has 1 N–H and O–H groups in total. The van der Waals surface area contributed by atoms with Gasteiger partial charge in [0.05, 0.1) is 0 Å². The summed E-state index contributed by atoms with van der Waals surface area (Å²) >= 11 is 1.97. The van der Waals surface area contributed by atoms with Crippen molar-refractivity contribution in [2.45, 2.75) is 37.5 Å². The molecule has 1 nitrogen and oxygen atoms in total. The molecule has 0 saturated heterocycles. The Morgan fingerprint density at radius 1 is 1.33 bits per heavy atom. The van der Waals surface area contributed by atoms with Crippen LogP contribution in [-0.2, 0) is 11.8 Å². The first-order valence-electron chi connectivity index (χ1n) is 7.04. The van der Waals surface area contributed by atoms with Gasteiger partial charge in [-0.3, -0.25) is 0 Å². The van der Waals surface area contributed by atoms with Crippen LogP contribution in [0.15, 0.2) is 24.3 Å². The summed E-state index contributed by atoms with van der Waals surface area (Å²) in [7, 11) is 2.09. The number of hydrogen-bond acceptors (Lipinski definition) is 2. The lowest BCUT2D eigenvalue weighted by atomic mass is 9.67. The molecule has 0 bridgehead atoms. The van der Waals surface area contributed by atoms with Crippen molar-refractivity contribution >= 4 is 11.8 Å². The highest BCUT2D eigenvalue weighted by Crippen LogP contribution is 2.40. The Morgan fingerprint density at radius 2 is 2.17 bits per heavy atom. The van der Waals surface area contributed by atoms with Gasteiger partial charge in [-0.15, -0.1) is 0 Å². The molecule has 18 heavy (non-hydrogen) atoms. The maximum absolute atomic E-state index is 3.44. The summed E-state index contributed by atoms with van der Waals surface area (Å²) in [5, 5.41) is 3.44. The van der Waals surface area contributed by atoms with Crippen LogP contribution < -0.4 is 5.32 Å². The lowest BCUT2D eigenvalue weighted by Crippen LogP contribution is -2.40. The van der Waals surface area contributed by atoms with Gasteiger partial charge in [-0.1, -0.05) is 24.3 Å². The molecule has 2 heteroatoms. The molecule has 0 aliphatic heterocycles. The predicted molar refractivity (Wildman–Crippen MR) is 82.6 cm³/mol. The van der Waals surface area contributed by atoms with Crippen LogP contribution in [0.2, 0.25) is 0 Å². The monoisotopic (exact) mass is 263 g/mol. The number of likely N-dealkylation sites (N-methyl/N-ethyl adjacent to an activating group) is 1. The number of fused-ring (bicyclic) bond motifs is 1. The van der Waals surface area contributed by atoms with E-state index in [4.69, 9.17) is 0 Å². The second-order valence-electron chi connectivity index (χ2n) is 5.42. The van der Waals surface area contributed by atoms with Gasteiger partial charge in [-0.25, -0.2) is 0 Å². The van der Waals surface area contributed by atoms with Crippen LogP contribution in [0.3, 0.4) is 0 Å². The first kappa shape index (κ1) is 14.0. The summed E-state index contributed by atoms with van der Waals surface area (Å²) in [4.78, 5) is 0. The second-order valence-corrected chi connectivity index (χ2v) is 6.40. The van der Waals surface area contributed by atoms with Gasteiger partial charge in [-0.2, -0.15) is 11.8 Å². The molecule has 0 fully saturated rings. The quantitative estimate of drug-likeness (QED) is 0.787. The van der Waals surface area contributed by atoms with Crippen molar-refractivity contribution in [1.82, 2.24) is 5.32 Å². The molecule has 0 amide bonds. The van der Waals surface area contributed by atoms with E-state index < -0.39 is 0 Å². The normalized spacial score (nSPS) is 22.8. The third-order valence-corrected chi connectivity index (χ3v) is 4.91. The summed E-state index contributed by atoms with van der Waals surface area (Å²) in [6.45, 7) is 1.12. The summed E-state index contributed by atoms with van der Waals surface area (Å²) in [5.41, 5.74) is 3.59. The second kappa shape index (κ2) is 6.63. The van der Waals surface area contributed by atoms with Gasteiger partial charge >= 0.3 is 0 Å². The van der Waals surface area contributed by atoms with Gasteiger partial charge in [0.2, 0.25) is 0 Å². The highest BCUT2D eigenvalue weighted by molar-refractivity contribution is 7.98. The minimum absolute atomic E-state index is 0.388. The number of hydrogen-bond donors (Lipinski definition) is 1. The molecule has 1 aromatic rings. The van der Waals surface area contributed by atoms with Gasteiger partial charge in [-0.05, 0) is 62.3 Å². The number of thioether (sulfide) groups is 1. The van der Waals surface area contributed by atoms with Crippen molar-refractivity contribution in [3.8, 4) is 0 Å². The van der Waals surface area contributed by atoms with E-state index >= 15 is 0 Å². The topological polar surface area (TPSA) is 12.0 Å². The van der Waals surface area contributed by atoms with Gasteiger partial charge in [0.25, 0.3) is 0 Å². The van der Waals surface area contributed by atoms with E-state index in [1.54, 1.807) is 11.1 Å². The summed E-state index contributed by atoms with van der Waals surface area (Å²) in [5.74, 6) is 1.29. The van der Waals surface area contributed by atoms with Crippen molar-refractivity contribution in [1.29, 1.82) is 0 Å². The summed E-state index contributed by atoms with van der Waals surface area (Å²) in [6, 6.07) is 9.09. The van der Waals surface area contributed by atoms with Crippen LogP contribution in [0.4, 0.5) is 0 Å². The average Bonchev–Trinajstić information content (AvgIpc) is 2.40. The van der Waals surface area contributed by atoms with E-state index in [1.807, 2.05) is 11.8 Å². The summed E-state index contributed by atoms with van der Waals surface area (Å²) < 4.78 is 0. The lowest BCUT2D eigenvalue weighted by Gasteiger charge is -2.39. The maximum Gasteiger partial charge on any atom is 0.00808 e. The van der Waals surface area contributed by atoms with Crippen molar-refractivity contribution in [3.63, 3.8) is 0 Å². The predicted octanol–water partition coefficient (Wildman–Crippen LogP) is 3.62. The molecule has 1 aliphatic carbocycles. The van der Waals surface area contributed by atoms with E-state index in [9.17, 15) is 0 Å².